The second-order valence-electron chi connectivity index (χ2n) is 6.35. The van der Waals surface area contributed by atoms with Crippen molar-refractivity contribution in [3.8, 4) is 6.07 Å². The summed E-state index contributed by atoms with van der Waals surface area (Å²) in [5.74, 6) is 0. The third-order valence-electron chi connectivity index (χ3n) is 4.43. The summed E-state index contributed by atoms with van der Waals surface area (Å²) in [6.45, 7) is 5.18. The SMILES string of the molecule is CCCC(C)N(C)CC(C#N)(NC1CC1)c1ccccc1. The highest BCUT2D eigenvalue weighted by atomic mass is 15.2. The minimum absolute atomic E-state index is 0.493. The van der Waals surface area contributed by atoms with Crippen molar-refractivity contribution >= 4 is 0 Å². The van der Waals surface area contributed by atoms with Gasteiger partial charge in [0, 0.05) is 18.6 Å². The lowest BCUT2D eigenvalue weighted by Crippen LogP contribution is -2.51. The topological polar surface area (TPSA) is 39.1 Å². The van der Waals surface area contributed by atoms with Crippen LogP contribution in [0, 0.1) is 11.3 Å². The van der Waals surface area contributed by atoms with E-state index in [4.69, 9.17) is 0 Å². The molecule has 0 aromatic heterocycles. The Morgan fingerprint density at radius 1 is 1.38 bits per heavy atom. The highest BCUT2D eigenvalue weighted by molar-refractivity contribution is 5.33. The molecule has 1 N–H and O–H groups in total. The van der Waals surface area contributed by atoms with Crippen LogP contribution < -0.4 is 5.32 Å². The molecule has 0 heterocycles. The first-order valence-corrected chi connectivity index (χ1v) is 8.06. The lowest BCUT2D eigenvalue weighted by molar-refractivity contribution is 0.190. The maximum atomic E-state index is 9.93. The van der Waals surface area contributed by atoms with Gasteiger partial charge in [0.05, 0.1) is 6.07 Å². The standard InChI is InChI=1S/C18H27N3/c1-4-8-15(2)21(3)14-18(13-19,20-17-11-12-17)16-9-6-5-7-10-16/h5-7,9-10,15,17,20H,4,8,11-12,14H2,1-3H3. The average Bonchev–Trinajstić information content (AvgIpc) is 3.31. The van der Waals surface area contributed by atoms with Crippen molar-refractivity contribution in [3.05, 3.63) is 35.9 Å². The van der Waals surface area contributed by atoms with Crippen LogP contribution in [0.25, 0.3) is 0 Å². The number of hydrogen-bond acceptors (Lipinski definition) is 3. The summed E-state index contributed by atoms with van der Waals surface area (Å²) in [6.07, 6.45) is 4.71. The number of nitrogens with zero attached hydrogens (tertiary/aromatic N) is 2. The summed E-state index contributed by atoms with van der Waals surface area (Å²) in [5.41, 5.74) is 0.481. The van der Waals surface area contributed by atoms with Gasteiger partial charge in [0.2, 0.25) is 0 Å². The molecule has 114 valence electrons. The second-order valence-corrected chi connectivity index (χ2v) is 6.35. The Labute approximate surface area is 129 Å². The highest BCUT2D eigenvalue weighted by Gasteiger charge is 2.39. The van der Waals surface area contributed by atoms with E-state index in [0.29, 0.717) is 12.1 Å². The van der Waals surface area contributed by atoms with E-state index in [1.165, 1.54) is 19.3 Å². The van der Waals surface area contributed by atoms with Gasteiger partial charge < -0.3 is 4.90 Å². The van der Waals surface area contributed by atoms with Crippen molar-refractivity contribution in [2.45, 2.75) is 57.2 Å². The molecular formula is C18H27N3. The number of nitriles is 1. The Balaban J connectivity index is 2.21. The van der Waals surface area contributed by atoms with E-state index in [0.717, 1.165) is 18.5 Å². The molecule has 2 rings (SSSR count). The normalized spacial score (nSPS) is 19.0. The Hall–Kier alpha value is -1.37. The van der Waals surface area contributed by atoms with Gasteiger partial charge in [-0.2, -0.15) is 5.26 Å². The molecule has 21 heavy (non-hydrogen) atoms. The van der Waals surface area contributed by atoms with Gasteiger partial charge in [0.15, 0.2) is 0 Å². The summed E-state index contributed by atoms with van der Waals surface area (Å²) >= 11 is 0. The van der Waals surface area contributed by atoms with Gasteiger partial charge in [-0.1, -0.05) is 43.7 Å². The number of rotatable bonds is 8. The molecule has 1 saturated carbocycles. The molecule has 3 heteroatoms. The van der Waals surface area contributed by atoms with Crippen LogP contribution in [0.1, 0.15) is 45.1 Å². The van der Waals surface area contributed by atoms with Crippen LogP contribution >= 0.6 is 0 Å². The fraction of sp³-hybridized carbons (Fsp3) is 0.611. The Morgan fingerprint density at radius 2 is 2.05 bits per heavy atom. The molecule has 3 nitrogen and oxygen atoms in total. The highest BCUT2D eigenvalue weighted by Crippen LogP contribution is 2.29. The van der Waals surface area contributed by atoms with E-state index in [2.05, 4.69) is 49.3 Å². The van der Waals surface area contributed by atoms with E-state index in [-0.39, 0.29) is 0 Å². The maximum absolute atomic E-state index is 9.93. The molecule has 0 amide bonds. The van der Waals surface area contributed by atoms with Crippen LogP contribution in [0.2, 0.25) is 0 Å². The first-order chi connectivity index (χ1) is 10.1. The minimum Gasteiger partial charge on any atom is -0.300 e. The van der Waals surface area contributed by atoms with Crippen LogP contribution in [0.3, 0.4) is 0 Å². The van der Waals surface area contributed by atoms with E-state index in [1.807, 2.05) is 18.2 Å². The van der Waals surface area contributed by atoms with Crippen LogP contribution in [0.15, 0.2) is 30.3 Å². The Bertz CT molecular complexity index is 475. The molecule has 0 saturated heterocycles. The first kappa shape index (κ1) is 16.0. The van der Waals surface area contributed by atoms with Crippen molar-refractivity contribution in [2.24, 2.45) is 0 Å². The molecule has 2 unspecified atom stereocenters. The van der Waals surface area contributed by atoms with E-state index in [9.17, 15) is 5.26 Å². The fourth-order valence-corrected chi connectivity index (χ4v) is 2.82. The van der Waals surface area contributed by atoms with E-state index >= 15 is 0 Å². The lowest BCUT2D eigenvalue weighted by Gasteiger charge is -2.35. The zero-order valence-corrected chi connectivity index (χ0v) is 13.5. The largest absolute Gasteiger partial charge is 0.300 e. The summed E-state index contributed by atoms with van der Waals surface area (Å²) in [4.78, 5) is 2.31. The Morgan fingerprint density at radius 3 is 2.57 bits per heavy atom. The molecule has 1 aromatic rings. The van der Waals surface area contributed by atoms with E-state index < -0.39 is 5.54 Å². The Kier molecular flexibility index (Phi) is 5.39. The van der Waals surface area contributed by atoms with Crippen molar-refractivity contribution in [3.63, 3.8) is 0 Å². The zero-order valence-electron chi connectivity index (χ0n) is 13.5. The third kappa shape index (κ3) is 4.06. The van der Waals surface area contributed by atoms with Gasteiger partial charge in [-0.3, -0.25) is 5.32 Å². The molecular weight excluding hydrogens is 258 g/mol. The number of benzene rings is 1. The molecule has 0 bridgehead atoms. The van der Waals surface area contributed by atoms with Gasteiger partial charge in [-0.05, 0) is 38.8 Å². The number of hydrogen-bond donors (Lipinski definition) is 1. The molecule has 0 aliphatic heterocycles. The molecule has 0 spiro atoms. The minimum atomic E-state index is -0.598. The van der Waals surface area contributed by atoms with E-state index in [1.54, 1.807) is 0 Å². The monoisotopic (exact) mass is 285 g/mol. The van der Waals surface area contributed by atoms with Crippen LogP contribution in [0.5, 0.6) is 0 Å². The summed E-state index contributed by atoms with van der Waals surface area (Å²) in [6, 6.07) is 13.7. The predicted octanol–water partition coefficient (Wildman–Crippen LogP) is 3.28. The zero-order chi connectivity index (χ0) is 15.3. The van der Waals surface area contributed by atoms with Crippen LogP contribution in [-0.4, -0.2) is 30.6 Å². The molecule has 1 aromatic carbocycles. The number of likely N-dealkylation sites (N-methyl/N-ethyl adjacent to an activating group) is 1. The van der Waals surface area contributed by atoms with Gasteiger partial charge in [-0.15, -0.1) is 0 Å². The van der Waals surface area contributed by atoms with Crippen molar-refractivity contribution < 1.29 is 0 Å². The maximum Gasteiger partial charge on any atom is 0.145 e. The average molecular weight is 285 g/mol. The second kappa shape index (κ2) is 7.06. The summed E-state index contributed by atoms with van der Waals surface area (Å²) in [5, 5.41) is 13.5. The molecule has 0 radical (unpaired) electrons. The van der Waals surface area contributed by atoms with Gasteiger partial charge in [0.1, 0.15) is 5.54 Å². The summed E-state index contributed by atoms with van der Waals surface area (Å²) < 4.78 is 0. The van der Waals surface area contributed by atoms with Crippen molar-refractivity contribution in [1.29, 1.82) is 5.26 Å². The van der Waals surface area contributed by atoms with Crippen molar-refractivity contribution in [1.82, 2.24) is 10.2 Å². The third-order valence-corrected chi connectivity index (χ3v) is 4.43. The smallest absolute Gasteiger partial charge is 0.145 e. The fourth-order valence-electron chi connectivity index (χ4n) is 2.82. The number of nitrogens with one attached hydrogen (secondary N) is 1. The molecule has 1 fully saturated rings. The predicted molar refractivity (Wildman–Crippen MR) is 86.9 cm³/mol. The lowest BCUT2D eigenvalue weighted by atomic mass is 9.90. The summed E-state index contributed by atoms with van der Waals surface area (Å²) in [7, 11) is 2.13. The van der Waals surface area contributed by atoms with Gasteiger partial charge >= 0.3 is 0 Å². The van der Waals surface area contributed by atoms with Gasteiger partial charge in [0.25, 0.3) is 0 Å². The molecule has 1 aliphatic carbocycles. The van der Waals surface area contributed by atoms with Crippen molar-refractivity contribution in [2.75, 3.05) is 13.6 Å². The quantitative estimate of drug-likeness (QED) is 0.796. The van der Waals surface area contributed by atoms with Crippen LogP contribution in [0.4, 0.5) is 0 Å². The first-order valence-electron chi connectivity index (χ1n) is 8.06. The van der Waals surface area contributed by atoms with Gasteiger partial charge in [-0.25, -0.2) is 0 Å². The molecule has 2 atom stereocenters. The molecule has 1 aliphatic rings. The van der Waals surface area contributed by atoms with Crippen LogP contribution in [-0.2, 0) is 5.54 Å².